The zero-order valence-corrected chi connectivity index (χ0v) is 11.6. The first-order valence-electron chi connectivity index (χ1n) is 6.68. The van der Waals surface area contributed by atoms with Crippen molar-refractivity contribution >= 4 is 0 Å². The molecule has 2 heterocycles. The van der Waals surface area contributed by atoms with Gasteiger partial charge in [0.15, 0.2) is 0 Å². The Morgan fingerprint density at radius 3 is 2.52 bits per heavy atom. The molecule has 2 N–H and O–H groups in total. The molecule has 1 aromatic carbocycles. The smallest absolute Gasteiger partial charge is 0.138 e. The van der Waals surface area contributed by atoms with Crippen molar-refractivity contribution in [2.45, 2.75) is 19.6 Å². The molecule has 3 rings (SSSR count). The lowest BCUT2D eigenvalue weighted by atomic mass is 10.1. The van der Waals surface area contributed by atoms with E-state index < -0.39 is 6.10 Å². The van der Waals surface area contributed by atoms with Gasteiger partial charge in [-0.25, -0.2) is 4.68 Å². The highest BCUT2D eigenvalue weighted by Gasteiger charge is 2.06. The van der Waals surface area contributed by atoms with E-state index in [1.54, 1.807) is 24.3 Å². The van der Waals surface area contributed by atoms with Crippen molar-refractivity contribution in [2.24, 2.45) is 0 Å². The molecule has 2 aromatic heterocycles. The minimum atomic E-state index is -0.459. The second kappa shape index (κ2) is 5.80. The molecule has 0 bridgehead atoms. The van der Waals surface area contributed by atoms with Crippen molar-refractivity contribution in [2.75, 3.05) is 5.43 Å². The van der Waals surface area contributed by atoms with Gasteiger partial charge < -0.3 is 14.9 Å². The Balaban J connectivity index is 1.69. The molecule has 0 radical (unpaired) electrons. The molecule has 0 fully saturated rings. The number of hydrogen-bond donors (Lipinski definition) is 2. The van der Waals surface area contributed by atoms with Gasteiger partial charge in [0.05, 0.1) is 12.6 Å². The summed E-state index contributed by atoms with van der Waals surface area (Å²) in [7, 11) is 0. The molecule has 108 valence electrons. The van der Waals surface area contributed by atoms with Gasteiger partial charge in [0.2, 0.25) is 0 Å². The van der Waals surface area contributed by atoms with Gasteiger partial charge in [0.1, 0.15) is 24.2 Å². The van der Waals surface area contributed by atoms with Gasteiger partial charge in [0, 0.05) is 5.56 Å². The van der Waals surface area contributed by atoms with Crippen molar-refractivity contribution in [1.29, 1.82) is 0 Å². The molecule has 0 aliphatic rings. The minimum absolute atomic E-state index is 0.459. The Kier molecular flexibility index (Phi) is 3.70. The van der Waals surface area contributed by atoms with Crippen LogP contribution in [0.15, 0.2) is 53.5 Å². The van der Waals surface area contributed by atoms with Gasteiger partial charge in [0.25, 0.3) is 0 Å². The highest BCUT2D eigenvalue weighted by Crippen LogP contribution is 2.24. The maximum atomic E-state index is 9.51. The third kappa shape index (κ3) is 3.11. The van der Waals surface area contributed by atoms with Gasteiger partial charge in [-0.2, -0.15) is 0 Å². The molecular formula is C15H16N4O2. The fraction of sp³-hybridized carbons (Fsp3) is 0.200. The number of nitrogens with zero attached hydrogens (tertiary/aromatic N) is 3. The monoisotopic (exact) mass is 284 g/mol. The predicted molar refractivity (Wildman–Crippen MR) is 77.9 cm³/mol. The summed E-state index contributed by atoms with van der Waals surface area (Å²) in [6, 6.07) is 11.5. The van der Waals surface area contributed by atoms with Gasteiger partial charge in [-0.3, -0.25) is 0 Å². The molecule has 21 heavy (non-hydrogen) atoms. The highest BCUT2D eigenvalue weighted by atomic mass is 16.3. The van der Waals surface area contributed by atoms with Gasteiger partial charge in [-0.05, 0) is 24.6 Å². The van der Waals surface area contributed by atoms with Crippen LogP contribution in [-0.2, 0) is 6.54 Å². The van der Waals surface area contributed by atoms with Crippen molar-refractivity contribution in [3.05, 3.63) is 60.4 Å². The van der Waals surface area contributed by atoms with Crippen molar-refractivity contribution in [1.82, 2.24) is 14.9 Å². The standard InChI is InChI=1S/C15H16N4O2/c1-11(20)12-2-4-13(5-3-12)15-7-6-14(21-15)8-18-19-9-16-17-10-19/h2-7,9-11,18,20H,8H2,1H3. The van der Waals surface area contributed by atoms with Crippen LogP contribution in [0.25, 0.3) is 11.3 Å². The first-order valence-corrected chi connectivity index (χ1v) is 6.68. The second-order valence-electron chi connectivity index (χ2n) is 4.77. The summed E-state index contributed by atoms with van der Waals surface area (Å²) in [6.45, 7) is 2.29. The van der Waals surface area contributed by atoms with Crippen LogP contribution in [0.2, 0.25) is 0 Å². The summed E-state index contributed by atoms with van der Waals surface area (Å²) in [5, 5.41) is 16.9. The molecule has 0 saturated carbocycles. The van der Waals surface area contributed by atoms with E-state index >= 15 is 0 Å². The summed E-state index contributed by atoms with van der Waals surface area (Å²) in [5.74, 6) is 1.62. The normalized spacial score (nSPS) is 12.3. The molecule has 6 heteroatoms. The van der Waals surface area contributed by atoms with E-state index in [2.05, 4.69) is 15.6 Å². The van der Waals surface area contributed by atoms with E-state index in [0.717, 1.165) is 22.6 Å². The quantitative estimate of drug-likeness (QED) is 0.752. The molecule has 6 nitrogen and oxygen atoms in total. The molecular weight excluding hydrogens is 268 g/mol. The van der Waals surface area contributed by atoms with Crippen LogP contribution in [0.4, 0.5) is 0 Å². The fourth-order valence-corrected chi connectivity index (χ4v) is 2.01. The SMILES string of the molecule is CC(O)c1ccc(-c2ccc(CNn3cnnc3)o2)cc1. The molecule has 1 atom stereocenters. The van der Waals surface area contributed by atoms with E-state index in [4.69, 9.17) is 4.42 Å². The van der Waals surface area contributed by atoms with Gasteiger partial charge in [-0.1, -0.05) is 24.3 Å². The minimum Gasteiger partial charge on any atom is -0.459 e. The Morgan fingerprint density at radius 2 is 1.86 bits per heavy atom. The average Bonchev–Trinajstić information content (AvgIpc) is 3.17. The molecule has 0 saturated heterocycles. The first-order chi connectivity index (χ1) is 10.2. The van der Waals surface area contributed by atoms with Crippen LogP contribution in [-0.4, -0.2) is 20.0 Å². The third-order valence-electron chi connectivity index (χ3n) is 3.19. The van der Waals surface area contributed by atoms with E-state index in [9.17, 15) is 5.11 Å². The van der Waals surface area contributed by atoms with Crippen LogP contribution in [0.5, 0.6) is 0 Å². The van der Waals surface area contributed by atoms with E-state index in [0.29, 0.717) is 6.54 Å². The number of furan rings is 1. The van der Waals surface area contributed by atoms with Crippen LogP contribution in [0.3, 0.4) is 0 Å². The summed E-state index contributed by atoms with van der Waals surface area (Å²) in [5.41, 5.74) is 4.96. The van der Waals surface area contributed by atoms with Crippen molar-refractivity contribution in [3.8, 4) is 11.3 Å². The van der Waals surface area contributed by atoms with Gasteiger partial charge >= 0.3 is 0 Å². The lowest BCUT2D eigenvalue weighted by Gasteiger charge is -2.05. The Hall–Kier alpha value is -2.60. The molecule has 1 unspecified atom stereocenters. The maximum Gasteiger partial charge on any atom is 0.138 e. The number of rotatable bonds is 5. The summed E-state index contributed by atoms with van der Waals surface area (Å²) in [4.78, 5) is 0. The molecule has 0 spiro atoms. The third-order valence-corrected chi connectivity index (χ3v) is 3.19. The lowest BCUT2D eigenvalue weighted by Crippen LogP contribution is -2.11. The van der Waals surface area contributed by atoms with Crippen LogP contribution < -0.4 is 5.43 Å². The average molecular weight is 284 g/mol. The number of aromatic nitrogens is 3. The van der Waals surface area contributed by atoms with Gasteiger partial charge in [-0.15, -0.1) is 10.2 Å². The van der Waals surface area contributed by atoms with Crippen molar-refractivity contribution < 1.29 is 9.52 Å². The molecule has 0 amide bonds. The molecule has 0 aliphatic carbocycles. The fourth-order valence-electron chi connectivity index (χ4n) is 2.01. The Morgan fingerprint density at radius 1 is 1.14 bits per heavy atom. The summed E-state index contributed by atoms with van der Waals surface area (Å²) in [6.07, 6.45) is 2.70. The number of nitrogens with one attached hydrogen (secondary N) is 1. The van der Waals surface area contributed by atoms with Crippen molar-refractivity contribution in [3.63, 3.8) is 0 Å². The van der Waals surface area contributed by atoms with E-state index in [1.165, 1.54) is 0 Å². The number of aliphatic hydroxyl groups excluding tert-OH is 1. The summed E-state index contributed by atoms with van der Waals surface area (Å²) >= 11 is 0. The lowest BCUT2D eigenvalue weighted by molar-refractivity contribution is 0.199. The largest absolute Gasteiger partial charge is 0.459 e. The number of hydrogen-bond acceptors (Lipinski definition) is 5. The second-order valence-corrected chi connectivity index (χ2v) is 4.77. The van der Waals surface area contributed by atoms with Crippen LogP contribution in [0.1, 0.15) is 24.4 Å². The van der Waals surface area contributed by atoms with Crippen LogP contribution >= 0.6 is 0 Å². The zero-order chi connectivity index (χ0) is 14.7. The van der Waals surface area contributed by atoms with Crippen LogP contribution in [0, 0.1) is 0 Å². The Labute approximate surface area is 122 Å². The summed E-state index contributed by atoms with van der Waals surface area (Å²) < 4.78 is 7.46. The Bertz CT molecular complexity index is 687. The first kappa shape index (κ1) is 13.4. The zero-order valence-electron chi connectivity index (χ0n) is 11.6. The highest BCUT2D eigenvalue weighted by molar-refractivity contribution is 5.58. The molecule has 0 aliphatic heterocycles. The predicted octanol–water partition coefficient (Wildman–Crippen LogP) is 2.34. The number of aliphatic hydroxyl groups is 1. The molecule has 3 aromatic rings. The number of benzene rings is 1. The van der Waals surface area contributed by atoms with E-state index in [1.807, 2.05) is 36.4 Å². The van der Waals surface area contributed by atoms with E-state index in [-0.39, 0.29) is 0 Å². The topological polar surface area (TPSA) is 76.1 Å². The maximum absolute atomic E-state index is 9.51.